The van der Waals surface area contributed by atoms with Crippen LogP contribution < -0.4 is 5.32 Å². The van der Waals surface area contributed by atoms with Gasteiger partial charge in [0.05, 0.1) is 11.9 Å². The Labute approximate surface area is 127 Å². The van der Waals surface area contributed by atoms with Gasteiger partial charge in [-0.3, -0.25) is 4.79 Å². The fraction of sp³-hybridized carbons (Fsp3) is 0.400. The first kappa shape index (κ1) is 13.8. The summed E-state index contributed by atoms with van der Waals surface area (Å²) in [5.74, 6) is 0.376. The van der Waals surface area contributed by atoms with Crippen LogP contribution >= 0.6 is 11.3 Å². The molecule has 1 aliphatic carbocycles. The summed E-state index contributed by atoms with van der Waals surface area (Å²) in [7, 11) is 1.82. The fourth-order valence-corrected chi connectivity index (χ4v) is 4.01. The van der Waals surface area contributed by atoms with Gasteiger partial charge in [-0.15, -0.1) is 11.3 Å². The minimum Gasteiger partial charge on any atom is -0.340 e. The van der Waals surface area contributed by atoms with E-state index in [9.17, 15) is 10.1 Å². The summed E-state index contributed by atoms with van der Waals surface area (Å²) in [6.07, 6.45) is 6.27. The Bertz CT molecular complexity index is 737. The molecule has 0 saturated heterocycles. The van der Waals surface area contributed by atoms with Crippen LogP contribution in [0.15, 0.2) is 12.5 Å². The molecule has 0 aromatic carbocycles. The van der Waals surface area contributed by atoms with Gasteiger partial charge in [0.15, 0.2) is 0 Å². The van der Waals surface area contributed by atoms with E-state index in [1.54, 1.807) is 17.1 Å². The largest absolute Gasteiger partial charge is 0.340 e. The van der Waals surface area contributed by atoms with Crippen molar-refractivity contribution in [3.8, 4) is 6.07 Å². The predicted octanol–water partition coefficient (Wildman–Crippen LogP) is 2.73. The van der Waals surface area contributed by atoms with Gasteiger partial charge in [-0.05, 0) is 30.7 Å². The molecule has 1 aliphatic rings. The first-order valence-corrected chi connectivity index (χ1v) is 7.74. The van der Waals surface area contributed by atoms with Crippen LogP contribution in [0.25, 0.3) is 0 Å². The molecule has 1 N–H and O–H groups in total. The van der Waals surface area contributed by atoms with Crippen molar-refractivity contribution in [1.29, 1.82) is 5.26 Å². The lowest BCUT2D eigenvalue weighted by Gasteiger charge is -2.17. The number of amides is 1. The van der Waals surface area contributed by atoms with Crippen LogP contribution in [-0.2, 0) is 19.9 Å². The highest BCUT2D eigenvalue weighted by atomic mass is 32.1. The molecule has 0 radical (unpaired) electrons. The maximum absolute atomic E-state index is 12.2. The van der Waals surface area contributed by atoms with Gasteiger partial charge in [0, 0.05) is 18.1 Å². The van der Waals surface area contributed by atoms with Gasteiger partial charge < -0.3 is 9.88 Å². The maximum Gasteiger partial charge on any atom is 0.276 e. The number of aromatic nitrogens is 2. The number of nitrogens with zero attached hydrogens (tertiary/aromatic N) is 3. The molecule has 108 valence electrons. The van der Waals surface area contributed by atoms with E-state index in [1.165, 1.54) is 16.2 Å². The van der Waals surface area contributed by atoms with Gasteiger partial charge in [-0.25, -0.2) is 4.98 Å². The van der Waals surface area contributed by atoms with Crippen molar-refractivity contribution in [3.05, 3.63) is 34.2 Å². The van der Waals surface area contributed by atoms with Gasteiger partial charge >= 0.3 is 0 Å². The zero-order valence-corrected chi connectivity index (χ0v) is 12.8. The molecule has 2 heterocycles. The van der Waals surface area contributed by atoms with Crippen LogP contribution in [-0.4, -0.2) is 15.5 Å². The molecule has 0 bridgehead atoms. The number of nitrogens with one attached hydrogen (secondary N) is 1. The summed E-state index contributed by atoms with van der Waals surface area (Å²) < 4.78 is 1.72. The molecular weight excluding hydrogens is 284 g/mol. The molecular formula is C15H16N4OS. The lowest BCUT2D eigenvalue weighted by molar-refractivity contribution is 0.102. The van der Waals surface area contributed by atoms with Gasteiger partial charge in [-0.1, -0.05) is 6.92 Å². The summed E-state index contributed by atoms with van der Waals surface area (Å²) in [6.45, 7) is 2.22. The third-order valence-electron chi connectivity index (χ3n) is 3.79. The SMILES string of the molecule is CC1CCc2c(sc(NC(=O)c3cn(C)cn3)c2C#N)C1. The minimum atomic E-state index is -0.265. The minimum absolute atomic E-state index is 0.265. The smallest absolute Gasteiger partial charge is 0.276 e. The van der Waals surface area contributed by atoms with Crippen molar-refractivity contribution < 1.29 is 4.79 Å². The highest BCUT2D eigenvalue weighted by Crippen LogP contribution is 2.39. The van der Waals surface area contributed by atoms with Crippen LogP contribution in [0.3, 0.4) is 0 Å². The molecule has 3 rings (SSSR count). The number of carbonyl (C=O) groups is 1. The first-order valence-electron chi connectivity index (χ1n) is 6.92. The highest BCUT2D eigenvalue weighted by Gasteiger charge is 2.25. The monoisotopic (exact) mass is 300 g/mol. The predicted molar refractivity (Wildman–Crippen MR) is 81.4 cm³/mol. The number of rotatable bonds is 2. The highest BCUT2D eigenvalue weighted by molar-refractivity contribution is 7.16. The summed E-state index contributed by atoms with van der Waals surface area (Å²) in [6, 6.07) is 2.25. The maximum atomic E-state index is 12.2. The van der Waals surface area contributed by atoms with Crippen molar-refractivity contribution in [2.45, 2.75) is 26.2 Å². The van der Waals surface area contributed by atoms with Crippen molar-refractivity contribution in [2.75, 3.05) is 5.32 Å². The van der Waals surface area contributed by atoms with Gasteiger partial charge in [0.1, 0.15) is 16.8 Å². The van der Waals surface area contributed by atoms with Crippen molar-refractivity contribution in [3.63, 3.8) is 0 Å². The van der Waals surface area contributed by atoms with E-state index >= 15 is 0 Å². The number of carbonyl (C=O) groups excluding carboxylic acids is 1. The molecule has 2 aromatic heterocycles. The van der Waals surface area contributed by atoms with Gasteiger partial charge in [0.25, 0.3) is 5.91 Å². The normalized spacial score (nSPS) is 17.1. The topological polar surface area (TPSA) is 70.7 Å². The summed E-state index contributed by atoms with van der Waals surface area (Å²) in [4.78, 5) is 17.5. The van der Waals surface area contributed by atoms with E-state index in [1.807, 2.05) is 7.05 Å². The molecule has 2 aromatic rings. The molecule has 1 unspecified atom stereocenters. The Morgan fingerprint density at radius 1 is 1.62 bits per heavy atom. The number of aryl methyl sites for hydroxylation is 1. The molecule has 5 nitrogen and oxygen atoms in total. The number of fused-ring (bicyclic) bond motifs is 1. The van der Waals surface area contributed by atoms with E-state index in [0.29, 0.717) is 22.2 Å². The van der Waals surface area contributed by atoms with Crippen molar-refractivity contribution in [1.82, 2.24) is 9.55 Å². The Morgan fingerprint density at radius 3 is 3.10 bits per heavy atom. The fourth-order valence-electron chi connectivity index (χ4n) is 2.65. The second-order valence-corrected chi connectivity index (χ2v) is 6.65. The number of hydrogen-bond acceptors (Lipinski definition) is 4. The number of anilines is 1. The molecule has 0 aliphatic heterocycles. The number of hydrogen-bond donors (Lipinski definition) is 1. The van der Waals surface area contributed by atoms with E-state index < -0.39 is 0 Å². The summed E-state index contributed by atoms with van der Waals surface area (Å²) in [5, 5.41) is 12.9. The van der Waals surface area contributed by atoms with E-state index in [4.69, 9.17) is 0 Å². The summed E-state index contributed by atoms with van der Waals surface area (Å²) in [5.41, 5.74) is 2.12. The average molecular weight is 300 g/mol. The average Bonchev–Trinajstić information content (AvgIpc) is 3.01. The second-order valence-electron chi connectivity index (χ2n) is 5.55. The molecule has 1 atom stereocenters. The third kappa shape index (κ3) is 2.57. The van der Waals surface area contributed by atoms with Crippen LogP contribution in [0, 0.1) is 17.2 Å². The molecule has 0 saturated carbocycles. The standard InChI is InChI=1S/C15H16N4OS/c1-9-3-4-10-11(6-16)15(21-13(10)5-9)18-14(20)12-7-19(2)8-17-12/h7-9H,3-5H2,1-2H3,(H,18,20). The summed E-state index contributed by atoms with van der Waals surface area (Å²) >= 11 is 1.53. The van der Waals surface area contributed by atoms with Crippen LogP contribution in [0.4, 0.5) is 5.00 Å². The quantitative estimate of drug-likeness (QED) is 0.927. The molecule has 21 heavy (non-hydrogen) atoms. The lowest BCUT2D eigenvalue weighted by Crippen LogP contribution is -2.12. The van der Waals surface area contributed by atoms with Crippen molar-refractivity contribution in [2.24, 2.45) is 13.0 Å². The van der Waals surface area contributed by atoms with E-state index in [2.05, 4.69) is 23.3 Å². The first-order chi connectivity index (χ1) is 10.1. The van der Waals surface area contributed by atoms with E-state index in [-0.39, 0.29) is 5.91 Å². The number of thiophene rings is 1. The number of imidazole rings is 1. The molecule has 0 spiro atoms. The van der Waals surface area contributed by atoms with E-state index in [0.717, 1.165) is 24.8 Å². The Kier molecular flexibility index (Phi) is 3.52. The van der Waals surface area contributed by atoms with Crippen LogP contribution in [0.1, 0.15) is 39.8 Å². The zero-order chi connectivity index (χ0) is 15.0. The Morgan fingerprint density at radius 2 is 2.43 bits per heavy atom. The molecule has 6 heteroatoms. The Balaban J connectivity index is 1.89. The van der Waals surface area contributed by atoms with Crippen LogP contribution in [0.2, 0.25) is 0 Å². The zero-order valence-electron chi connectivity index (χ0n) is 12.0. The third-order valence-corrected chi connectivity index (χ3v) is 4.96. The number of nitriles is 1. The van der Waals surface area contributed by atoms with Gasteiger partial charge in [-0.2, -0.15) is 5.26 Å². The van der Waals surface area contributed by atoms with Crippen molar-refractivity contribution >= 4 is 22.2 Å². The molecule has 0 fully saturated rings. The second kappa shape index (κ2) is 5.34. The van der Waals surface area contributed by atoms with Gasteiger partial charge in [0.2, 0.25) is 0 Å². The van der Waals surface area contributed by atoms with Crippen LogP contribution in [0.5, 0.6) is 0 Å². The molecule has 1 amide bonds. The lowest BCUT2D eigenvalue weighted by atomic mass is 9.89. The Hall–Kier alpha value is -2.13.